The number of carbonyl (C=O) groups excluding carboxylic acids is 1. The highest BCUT2D eigenvalue weighted by molar-refractivity contribution is 7.89. The van der Waals surface area contributed by atoms with E-state index in [4.69, 9.17) is 4.74 Å². The molecular weight excluding hydrogens is 350 g/mol. The molecule has 0 amide bonds. The van der Waals surface area contributed by atoms with Crippen molar-refractivity contribution >= 4 is 21.7 Å². The fraction of sp³-hybridized carbons (Fsp3) is 0.533. The molecule has 1 heterocycles. The zero-order chi connectivity index (χ0) is 18.8. The van der Waals surface area contributed by atoms with Crippen LogP contribution >= 0.6 is 0 Å². The van der Waals surface area contributed by atoms with E-state index in [1.807, 2.05) is 6.92 Å². The smallest absolute Gasteiger partial charge is 0.338 e. The first kappa shape index (κ1) is 19.3. The highest BCUT2D eigenvalue weighted by Gasteiger charge is 2.32. The standard InChI is InChI=1S/C15H21N3O6S/c1-4-24-15(19)13-7-12(8-14(11(13)3)18(20)21)25(22,23)17-6-5-16-10(2)9-17/h7-8,10,16H,4-6,9H2,1-3H3. The minimum atomic E-state index is -3.96. The molecule has 9 nitrogen and oxygen atoms in total. The van der Waals surface area contributed by atoms with Crippen LogP contribution in [0.1, 0.15) is 29.8 Å². The van der Waals surface area contributed by atoms with Gasteiger partial charge in [0.2, 0.25) is 10.0 Å². The van der Waals surface area contributed by atoms with Gasteiger partial charge in [0, 0.05) is 37.3 Å². The molecule has 1 aromatic carbocycles. The number of nitrogens with one attached hydrogen (secondary N) is 1. The summed E-state index contributed by atoms with van der Waals surface area (Å²) < 4.78 is 31.9. The number of nitro benzene ring substituents is 1. The normalized spacial score (nSPS) is 18.8. The molecule has 0 saturated carbocycles. The van der Waals surface area contributed by atoms with Crippen molar-refractivity contribution in [3.05, 3.63) is 33.4 Å². The second-order valence-corrected chi connectivity index (χ2v) is 7.75. The number of benzene rings is 1. The Morgan fingerprint density at radius 1 is 1.48 bits per heavy atom. The van der Waals surface area contributed by atoms with E-state index in [0.29, 0.717) is 6.54 Å². The zero-order valence-corrected chi connectivity index (χ0v) is 15.1. The Labute approximate surface area is 146 Å². The Bertz CT molecular complexity index is 793. The van der Waals surface area contributed by atoms with Gasteiger partial charge in [0.25, 0.3) is 5.69 Å². The van der Waals surface area contributed by atoms with Crippen LogP contribution in [0.4, 0.5) is 5.69 Å². The Kier molecular flexibility index (Phi) is 5.76. The highest BCUT2D eigenvalue weighted by atomic mass is 32.2. The number of nitro groups is 1. The lowest BCUT2D eigenvalue weighted by atomic mass is 10.1. The van der Waals surface area contributed by atoms with Gasteiger partial charge in [0.15, 0.2) is 0 Å². The summed E-state index contributed by atoms with van der Waals surface area (Å²) >= 11 is 0. The van der Waals surface area contributed by atoms with Gasteiger partial charge < -0.3 is 10.1 Å². The van der Waals surface area contributed by atoms with Crippen molar-refractivity contribution in [1.82, 2.24) is 9.62 Å². The number of carbonyl (C=O) groups is 1. The topological polar surface area (TPSA) is 119 Å². The summed E-state index contributed by atoms with van der Waals surface area (Å²) in [6.07, 6.45) is 0. The SMILES string of the molecule is CCOC(=O)c1cc(S(=O)(=O)N2CCNC(C)C2)cc([N+](=O)[O-])c1C. The number of esters is 1. The van der Waals surface area contributed by atoms with Gasteiger partial charge in [-0.3, -0.25) is 10.1 Å². The third-order valence-corrected chi connectivity index (χ3v) is 5.86. The third kappa shape index (κ3) is 3.97. The fourth-order valence-corrected chi connectivity index (χ4v) is 4.27. The molecule has 1 unspecified atom stereocenters. The van der Waals surface area contributed by atoms with E-state index >= 15 is 0 Å². The van der Waals surface area contributed by atoms with Gasteiger partial charge in [-0.15, -0.1) is 0 Å². The number of nitrogens with zero attached hydrogens (tertiary/aromatic N) is 2. The molecule has 1 saturated heterocycles. The molecule has 0 bridgehead atoms. The maximum Gasteiger partial charge on any atom is 0.338 e. The van der Waals surface area contributed by atoms with Gasteiger partial charge in [-0.1, -0.05) is 0 Å². The van der Waals surface area contributed by atoms with E-state index < -0.39 is 26.6 Å². The van der Waals surface area contributed by atoms with Crippen LogP contribution in [0.3, 0.4) is 0 Å². The Morgan fingerprint density at radius 2 is 2.16 bits per heavy atom. The first-order valence-electron chi connectivity index (χ1n) is 7.88. The number of sulfonamides is 1. The molecule has 1 atom stereocenters. The van der Waals surface area contributed by atoms with Gasteiger partial charge in [-0.2, -0.15) is 4.31 Å². The average molecular weight is 371 g/mol. The van der Waals surface area contributed by atoms with Crippen LogP contribution in [0.5, 0.6) is 0 Å². The number of hydrogen-bond donors (Lipinski definition) is 1. The van der Waals surface area contributed by atoms with Crippen molar-refractivity contribution in [3.63, 3.8) is 0 Å². The molecule has 2 rings (SSSR count). The molecule has 1 aliphatic heterocycles. The summed E-state index contributed by atoms with van der Waals surface area (Å²) in [5.74, 6) is -0.783. The summed E-state index contributed by atoms with van der Waals surface area (Å²) in [7, 11) is -3.96. The summed E-state index contributed by atoms with van der Waals surface area (Å²) in [5, 5.41) is 14.4. The van der Waals surface area contributed by atoms with Crippen molar-refractivity contribution < 1.29 is 22.9 Å². The molecule has 1 fully saturated rings. The highest BCUT2D eigenvalue weighted by Crippen LogP contribution is 2.29. The molecule has 1 N–H and O–H groups in total. The number of ether oxygens (including phenoxy) is 1. The van der Waals surface area contributed by atoms with Crippen molar-refractivity contribution in [3.8, 4) is 0 Å². The van der Waals surface area contributed by atoms with E-state index in [9.17, 15) is 23.3 Å². The minimum Gasteiger partial charge on any atom is -0.462 e. The van der Waals surface area contributed by atoms with Crippen LogP contribution in [-0.2, 0) is 14.8 Å². The lowest BCUT2D eigenvalue weighted by molar-refractivity contribution is -0.385. The van der Waals surface area contributed by atoms with E-state index in [1.165, 1.54) is 11.2 Å². The van der Waals surface area contributed by atoms with Gasteiger partial charge in [0.1, 0.15) is 0 Å². The molecule has 1 aliphatic rings. The number of rotatable bonds is 5. The monoisotopic (exact) mass is 371 g/mol. The van der Waals surface area contributed by atoms with Gasteiger partial charge in [0.05, 0.1) is 22.0 Å². The molecule has 0 aromatic heterocycles. The molecule has 1 aromatic rings. The first-order valence-corrected chi connectivity index (χ1v) is 9.32. The van der Waals surface area contributed by atoms with E-state index in [1.54, 1.807) is 6.92 Å². The second kappa shape index (κ2) is 7.46. The summed E-state index contributed by atoms with van der Waals surface area (Å²) in [4.78, 5) is 22.4. The van der Waals surface area contributed by atoms with Gasteiger partial charge >= 0.3 is 5.97 Å². The molecule has 0 aliphatic carbocycles. The molecule has 25 heavy (non-hydrogen) atoms. The van der Waals surface area contributed by atoms with Crippen LogP contribution in [0.15, 0.2) is 17.0 Å². The number of hydrogen-bond acceptors (Lipinski definition) is 7. The minimum absolute atomic E-state index is 0.0338. The van der Waals surface area contributed by atoms with Gasteiger partial charge in [-0.05, 0) is 26.8 Å². The summed E-state index contributed by atoms with van der Waals surface area (Å²) in [5.41, 5.74) is -0.457. The van der Waals surface area contributed by atoms with E-state index in [-0.39, 0.29) is 41.8 Å². The molecular formula is C15H21N3O6S. The maximum atomic E-state index is 12.9. The molecule has 138 valence electrons. The van der Waals surface area contributed by atoms with Crippen LogP contribution in [0.2, 0.25) is 0 Å². The second-order valence-electron chi connectivity index (χ2n) is 5.81. The Hall–Kier alpha value is -2.04. The first-order chi connectivity index (χ1) is 11.7. The van der Waals surface area contributed by atoms with Crippen molar-refractivity contribution in [2.45, 2.75) is 31.7 Å². The van der Waals surface area contributed by atoms with E-state index in [2.05, 4.69) is 5.32 Å². The van der Waals surface area contributed by atoms with Gasteiger partial charge in [-0.25, -0.2) is 13.2 Å². The Morgan fingerprint density at radius 3 is 2.72 bits per heavy atom. The lowest BCUT2D eigenvalue weighted by Crippen LogP contribution is -2.51. The predicted molar refractivity (Wildman–Crippen MR) is 90.0 cm³/mol. The molecule has 10 heteroatoms. The zero-order valence-electron chi connectivity index (χ0n) is 14.3. The van der Waals surface area contributed by atoms with Crippen LogP contribution in [0.25, 0.3) is 0 Å². The summed E-state index contributed by atoms with van der Waals surface area (Å²) in [6, 6.07) is 2.12. The molecule has 0 spiro atoms. The Balaban J connectivity index is 2.56. The van der Waals surface area contributed by atoms with Crippen molar-refractivity contribution in [2.75, 3.05) is 26.2 Å². The van der Waals surface area contributed by atoms with Crippen LogP contribution in [-0.4, -0.2) is 55.9 Å². The summed E-state index contributed by atoms with van der Waals surface area (Å²) in [6.45, 7) is 5.92. The lowest BCUT2D eigenvalue weighted by Gasteiger charge is -2.31. The number of piperazine rings is 1. The maximum absolute atomic E-state index is 12.9. The van der Waals surface area contributed by atoms with Crippen molar-refractivity contribution in [2.24, 2.45) is 0 Å². The third-order valence-electron chi connectivity index (χ3n) is 4.02. The molecule has 0 radical (unpaired) electrons. The largest absolute Gasteiger partial charge is 0.462 e. The van der Waals surface area contributed by atoms with Crippen LogP contribution in [0, 0.1) is 17.0 Å². The average Bonchev–Trinajstić information content (AvgIpc) is 2.54. The quantitative estimate of drug-likeness (QED) is 0.467. The fourth-order valence-electron chi connectivity index (χ4n) is 2.70. The van der Waals surface area contributed by atoms with Crippen molar-refractivity contribution in [1.29, 1.82) is 0 Å². The van der Waals surface area contributed by atoms with Crippen LogP contribution < -0.4 is 5.32 Å². The predicted octanol–water partition coefficient (Wildman–Crippen LogP) is 1.06. The van der Waals surface area contributed by atoms with E-state index in [0.717, 1.165) is 12.1 Å².